The lowest BCUT2D eigenvalue weighted by molar-refractivity contribution is 0.0560. The quantitative estimate of drug-likeness (QED) is 0.874. The minimum Gasteiger partial charge on any atom is -0.490 e. The standard InChI is InChI=1S/C14H16ClFN2O5/c15-9-1-2-12(11(16)7-9)23-6-3-10-8-17(13(19)20)4-5-18(10)14(21)22/h1-2,7,10H,3-6,8H2,(H,19,20)(H,21,22)/t10-/m1/s1. The first-order chi connectivity index (χ1) is 10.9. The Balaban J connectivity index is 1.95. The summed E-state index contributed by atoms with van der Waals surface area (Å²) in [4.78, 5) is 24.6. The van der Waals surface area contributed by atoms with Gasteiger partial charge in [-0.3, -0.25) is 0 Å². The van der Waals surface area contributed by atoms with E-state index in [4.69, 9.17) is 26.6 Å². The van der Waals surface area contributed by atoms with Gasteiger partial charge in [0.2, 0.25) is 0 Å². The van der Waals surface area contributed by atoms with Crippen LogP contribution in [0, 0.1) is 5.82 Å². The van der Waals surface area contributed by atoms with Gasteiger partial charge in [-0.25, -0.2) is 14.0 Å². The summed E-state index contributed by atoms with van der Waals surface area (Å²) in [5.41, 5.74) is 0. The number of hydrogen-bond donors (Lipinski definition) is 2. The molecule has 0 spiro atoms. The van der Waals surface area contributed by atoms with E-state index in [1.165, 1.54) is 17.0 Å². The van der Waals surface area contributed by atoms with Crippen molar-refractivity contribution in [2.24, 2.45) is 0 Å². The maximum Gasteiger partial charge on any atom is 0.407 e. The fraction of sp³-hybridized carbons (Fsp3) is 0.429. The van der Waals surface area contributed by atoms with Crippen molar-refractivity contribution in [1.29, 1.82) is 0 Å². The summed E-state index contributed by atoms with van der Waals surface area (Å²) in [6.07, 6.45) is -1.96. The highest BCUT2D eigenvalue weighted by atomic mass is 35.5. The molecule has 1 aliphatic rings. The second-order valence-corrected chi connectivity index (χ2v) is 5.51. The van der Waals surface area contributed by atoms with E-state index in [-0.39, 0.29) is 43.4 Å². The zero-order valence-electron chi connectivity index (χ0n) is 12.1. The fourth-order valence-electron chi connectivity index (χ4n) is 2.43. The summed E-state index contributed by atoms with van der Waals surface area (Å²) in [7, 11) is 0. The molecule has 0 aromatic heterocycles. The Kier molecular flexibility index (Phi) is 5.49. The van der Waals surface area contributed by atoms with E-state index >= 15 is 0 Å². The van der Waals surface area contributed by atoms with Crippen molar-refractivity contribution in [3.63, 3.8) is 0 Å². The Morgan fingerprint density at radius 2 is 2.04 bits per heavy atom. The smallest absolute Gasteiger partial charge is 0.407 e. The molecule has 7 nitrogen and oxygen atoms in total. The van der Waals surface area contributed by atoms with E-state index in [9.17, 15) is 14.0 Å². The van der Waals surface area contributed by atoms with Crippen molar-refractivity contribution in [3.05, 3.63) is 29.0 Å². The summed E-state index contributed by atoms with van der Waals surface area (Å²) < 4.78 is 18.9. The molecule has 1 saturated heterocycles. The van der Waals surface area contributed by atoms with Crippen LogP contribution in [0.25, 0.3) is 0 Å². The normalized spacial score (nSPS) is 17.9. The zero-order valence-corrected chi connectivity index (χ0v) is 12.9. The van der Waals surface area contributed by atoms with Crippen molar-refractivity contribution in [3.8, 4) is 5.75 Å². The third kappa shape index (κ3) is 4.38. The fourth-order valence-corrected chi connectivity index (χ4v) is 2.58. The van der Waals surface area contributed by atoms with E-state index in [0.29, 0.717) is 0 Å². The molecule has 126 valence electrons. The molecule has 1 heterocycles. The second-order valence-electron chi connectivity index (χ2n) is 5.07. The molecule has 0 saturated carbocycles. The lowest BCUT2D eigenvalue weighted by atomic mass is 10.1. The van der Waals surface area contributed by atoms with E-state index in [2.05, 4.69) is 0 Å². The van der Waals surface area contributed by atoms with Crippen molar-refractivity contribution in [2.45, 2.75) is 12.5 Å². The molecule has 0 aliphatic carbocycles. The Bertz CT molecular complexity index is 601. The Morgan fingerprint density at radius 3 is 2.65 bits per heavy atom. The molecule has 1 atom stereocenters. The van der Waals surface area contributed by atoms with Crippen molar-refractivity contribution < 1.29 is 28.9 Å². The molecule has 9 heteroatoms. The number of rotatable bonds is 4. The maximum atomic E-state index is 13.6. The SMILES string of the molecule is O=C(O)N1CCN(C(=O)O)[C@H](CCOc2ccc(Cl)cc2F)C1. The number of carbonyl (C=O) groups is 2. The van der Waals surface area contributed by atoms with Gasteiger partial charge < -0.3 is 24.7 Å². The average Bonchev–Trinajstić information content (AvgIpc) is 2.49. The van der Waals surface area contributed by atoms with Gasteiger partial charge in [-0.05, 0) is 18.2 Å². The molecule has 0 unspecified atom stereocenters. The highest BCUT2D eigenvalue weighted by molar-refractivity contribution is 6.30. The summed E-state index contributed by atoms with van der Waals surface area (Å²) >= 11 is 5.64. The van der Waals surface area contributed by atoms with Gasteiger partial charge in [-0.1, -0.05) is 11.6 Å². The van der Waals surface area contributed by atoms with Gasteiger partial charge in [-0.2, -0.15) is 0 Å². The van der Waals surface area contributed by atoms with Gasteiger partial charge in [0.05, 0.1) is 12.6 Å². The van der Waals surface area contributed by atoms with Gasteiger partial charge in [0.15, 0.2) is 11.6 Å². The minimum atomic E-state index is -1.11. The largest absolute Gasteiger partial charge is 0.490 e. The third-order valence-electron chi connectivity index (χ3n) is 3.60. The first kappa shape index (κ1) is 17.1. The van der Waals surface area contributed by atoms with Gasteiger partial charge >= 0.3 is 12.2 Å². The molecule has 1 aliphatic heterocycles. The highest BCUT2D eigenvalue weighted by Crippen LogP contribution is 2.22. The van der Waals surface area contributed by atoms with Crippen molar-refractivity contribution in [1.82, 2.24) is 9.80 Å². The van der Waals surface area contributed by atoms with Crippen LogP contribution in [0.5, 0.6) is 5.75 Å². The van der Waals surface area contributed by atoms with E-state index in [0.717, 1.165) is 11.0 Å². The van der Waals surface area contributed by atoms with E-state index < -0.39 is 24.0 Å². The number of carboxylic acid groups (broad SMARTS) is 2. The van der Waals surface area contributed by atoms with Gasteiger partial charge in [-0.15, -0.1) is 0 Å². The van der Waals surface area contributed by atoms with Crippen LogP contribution in [0.4, 0.5) is 14.0 Å². The summed E-state index contributed by atoms with van der Waals surface area (Å²) in [5.74, 6) is -0.592. The zero-order chi connectivity index (χ0) is 17.0. The first-order valence-corrected chi connectivity index (χ1v) is 7.31. The molecular weight excluding hydrogens is 331 g/mol. The molecule has 0 bridgehead atoms. The van der Waals surface area contributed by atoms with Crippen LogP contribution in [-0.2, 0) is 0 Å². The molecule has 2 rings (SSSR count). The number of ether oxygens (including phenoxy) is 1. The van der Waals surface area contributed by atoms with Crippen LogP contribution in [-0.4, -0.2) is 64.5 Å². The number of piperazine rings is 1. The Morgan fingerprint density at radius 1 is 1.30 bits per heavy atom. The minimum absolute atomic E-state index is 0.0159. The summed E-state index contributed by atoms with van der Waals surface area (Å²) in [6, 6.07) is 3.45. The molecule has 0 radical (unpaired) electrons. The molecule has 1 aromatic carbocycles. The number of amides is 2. The third-order valence-corrected chi connectivity index (χ3v) is 3.84. The van der Waals surface area contributed by atoms with Crippen LogP contribution in [0.3, 0.4) is 0 Å². The van der Waals surface area contributed by atoms with Gasteiger partial charge in [0.25, 0.3) is 0 Å². The number of benzene rings is 1. The second kappa shape index (κ2) is 7.36. The van der Waals surface area contributed by atoms with Crippen molar-refractivity contribution in [2.75, 3.05) is 26.2 Å². The number of nitrogens with zero attached hydrogens (tertiary/aromatic N) is 2. The van der Waals surface area contributed by atoms with Crippen LogP contribution < -0.4 is 4.74 Å². The highest BCUT2D eigenvalue weighted by Gasteiger charge is 2.32. The van der Waals surface area contributed by atoms with Crippen LogP contribution in [0.15, 0.2) is 18.2 Å². The molecule has 1 aromatic rings. The molecule has 23 heavy (non-hydrogen) atoms. The number of hydrogen-bond acceptors (Lipinski definition) is 3. The monoisotopic (exact) mass is 346 g/mol. The predicted octanol–water partition coefficient (Wildman–Crippen LogP) is 2.59. The Labute approximate surface area is 136 Å². The van der Waals surface area contributed by atoms with Crippen LogP contribution in [0.2, 0.25) is 5.02 Å². The first-order valence-electron chi connectivity index (χ1n) is 6.93. The maximum absolute atomic E-state index is 13.6. The van der Waals surface area contributed by atoms with Crippen LogP contribution in [0.1, 0.15) is 6.42 Å². The van der Waals surface area contributed by atoms with Crippen LogP contribution >= 0.6 is 11.6 Å². The lowest BCUT2D eigenvalue weighted by Gasteiger charge is -2.38. The van der Waals surface area contributed by atoms with Crippen molar-refractivity contribution >= 4 is 23.8 Å². The van der Waals surface area contributed by atoms with Gasteiger partial charge in [0.1, 0.15) is 0 Å². The molecular formula is C14H16ClFN2O5. The lowest BCUT2D eigenvalue weighted by Crippen LogP contribution is -2.56. The topological polar surface area (TPSA) is 90.3 Å². The molecule has 1 fully saturated rings. The Hall–Kier alpha value is -2.22. The average molecular weight is 347 g/mol. The molecule has 2 N–H and O–H groups in total. The van der Waals surface area contributed by atoms with E-state index in [1.54, 1.807) is 0 Å². The number of halogens is 2. The predicted molar refractivity (Wildman–Crippen MR) is 79.6 cm³/mol. The summed E-state index contributed by atoms with van der Waals surface area (Å²) in [5, 5.41) is 18.4. The molecule has 2 amide bonds. The van der Waals surface area contributed by atoms with Gasteiger partial charge in [0, 0.05) is 31.1 Å². The summed E-state index contributed by atoms with van der Waals surface area (Å²) in [6.45, 7) is 0.348. The van der Waals surface area contributed by atoms with E-state index in [1.807, 2.05) is 0 Å².